The van der Waals surface area contributed by atoms with Crippen LogP contribution in [-0.4, -0.2) is 50.6 Å². The molecule has 148 valence electrons. The normalized spacial score (nSPS) is 19.8. The molecule has 0 aliphatic carbocycles. The molecule has 2 amide bonds. The highest BCUT2D eigenvalue weighted by atomic mass is 16.2. The Morgan fingerprint density at radius 3 is 2.75 bits per heavy atom. The fraction of sp³-hybridized carbons (Fsp3) is 0.500. The zero-order valence-electron chi connectivity index (χ0n) is 16.1. The Bertz CT molecular complexity index is 860. The van der Waals surface area contributed by atoms with Crippen LogP contribution in [0, 0.1) is 6.92 Å². The lowest BCUT2D eigenvalue weighted by atomic mass is 10.1. The molecular formula is C20H26N6O2. The van der Waals surface area contributed by atoms with E-state index in [2.05, 4.69) is 61.5 Å². The van der Waals surface area contributed by atoms with Gasteiger partial charge < -0.3 is 15.2 Å². The second-order valence-electron chi connectivity index (χ2n) is 7.57. The second kappa shape index (κ2) is 8.10. The van der Waals surface area contributed by atoms with E-state index >= 15 is 0 Å². The molecule has 1 atom stereocenters. The first-order chi connectivity index (χ1) is 13.6. The van der Waals surface area contributed by atoms with Crippen molar-refractivity contribution in [3.63, 3.8) is 0 Å². The first kappa shape index (κ1) is 18.6. The van der Waals surface area contributed by atoms with Crippen LogP contribution in [0.3, 0.4) is 0 Å². The Morgan fingerprint density at radius 1 is 1.18 bits per heavy atom. The van der Waals surface area contributed by atoms with Crippen LogP contribution in [0.4, 0.5) is 0 Å². The van der Waals surface area contributed by atoms with Gasteiger partial charge in [0, 0.05) is 39.0 Å². The monoisotopic (exact) mass is 382 g/mol. The number of hydrogen-bond donors (Lipinski definition) is 2. The molecule has 2 aliphatic rings. The number of fused-ring (bicyclic) bond motifs is 1. The van der Waals surface area contributed by atoms with Crippen LogP contribution in [0.15, 0.2) is 24.3 Å². The summed E-state index contributed by atoms with van der Waals surface area (Å²) in [7, 11) is 0. The van der Waals surface area contributed by atoms with Crippen molar-refractivity contribution < 1.29 is 9.59 Å². The topological polar surface area (TPSA) is 92.2 Å². The van der Waals surface area contributed by atoms with Gasteiger partial charge in [0.1, 0.15) is 11.9 Å². The molecule has 8 nitrogen and oxygen atoms in total. The number of benzene rings is 1. The van der Waals surface area contributed by atoms with E-state index in [1.165, 1.54) is 11.1 Å². The Morgan fingerprint density at radius 2 is 2.00 bits per heavy atom. The summed E-state index contributed by atoms with van der Waals surface area (Å²) in [6, 6.07) is 8.24. The number of rotatable bonds is 5. The second-order valence-corrected chi connectivity index (χ2v) is 7.57. The number of aryl methyl sites for hydroxylation is 1. The van der Waals surface area contributed by atoms with E-state index < -0.39 is 6.04 Å². The third kappa shape index (κ3) is 4.22. The summed E-state index contributed by atoms with van der Waals surface area (Å²) >= 11 is 0. The summed E-state index contributed by atoms with van der Waals surface area (Å²) in [5.41, 5.74) is 2.59. The Hall–Kier alpha value is -2.74. The van der Waals surface area contributed by atoms with Gasteiger partial charge in [-0.2, -0.15) is 0 Å². The number of nitrogens with zero attached hydrogens (tertiary/aromatic N) is 4. The molecule has 2 aromatic rings. The standard InChI is InChI=1S/C20H26N6O2/c1-14-2-4-15(5-3-14)13-25-9-8-17-23-24-18(26(17)11-10-25)12-21-20(28)16-6-7-19(27)22-16/h2-5,16H,6-13H2,1H3,(H,21,28)(H,22,27). The Labute approximate surface area is 164 Å². The van der Waals surface area contributed by atoms with Gasteiger partial charge in [-0.15, -0.1) is 10.2 Å². The third-order valence-corrected chi connectivity index (χ3v) is 5.45. The highest BCUT2D eigenvalue weighted by Gasteiger charge is 2.27. The van der Waals surface area contributed by atoms with Gasteiger partial charge in [0.2, 0.25) is 11.8 Å². The lowest BCUT2D eigenvalue weighted by Gasteiger charge is -2.19. The molecule has 3 heterocycles. The maximum absolute atomic E-state index is 12.2. The van der Waals surface area contributed by atoms with Crippen LogP contribution in [0.2, 0.25) is 0 Å². The minimum absolute atomic E-state index is 0.0647. The zero-order chi connectivity index (χ0) is 19.5. The molecule has 1 fully saturated rings. The lowest BCUT2D eigenvalue weighted by molar-refractivity contribution is -0.125. The van der Waals surface area contributed by atoms with E-state index in [0.717, 1.165) is 44.2 Å². The summed E-state index contributed by atoms with van der Waals surface area (Å²) in [5, 5.41) is 14.2. The highest BCUT2D eigenvalue weighted by Crippen LogP contribution is 2.13. The van der Waals surface area contributed by atoms with Gasteiger partial charge in [0.25, 0.3) is 0 Å². The minimum atomic E-state index is -0.427. The number of nitrogens with one attached hydrogen (secondary N) is 2. The van der Waals surface area contributed by atoms with Crippen LogP contribution in [0.25, 0.3) is 0 Å². The maximum atomic E-state index is 12.2. The smallest absolute Gasteiger partial charge is 0.242 e. The van der Waals surface area contributed by atoms with Gasteiger partial charge in [-0.1, -0.05) is 29.8 Å². The molecule has 28 heavy (non-hydrogen) atoms. The van der Waals surface area contributed by atoms with Gasteiger partial charge >= 0.3 is 0 Å². The third-order valence-electron chi connectivity index (χ3n) is 5.45. The molecule has 2 aliphatic heterocycles. The molecule has 1 saturated heterocycles. The van der Waals surface area contributed by atoms with Crippen LogP contribution < -0.4 is 10.6 Å². The summed E-state index contributed by atoms with van der Waals surface area (Å²) in [4.78, 5) is 25.9. The molecule has 1 aromatic heterocycles. The van der Waals surface area contributed by atoms with Crippen molar-refractivity contribution in [2.75, 3.05) is 13.1 Å². The summed E-state index contributed by atoms with van der Waals surface area (Å²) in [5.74, 6) is 1.51. The van der Waals surface area contributed by atoms with Gasteiger partial charge in [-0.05, 0) is 18.9 Å². The van der Waals surface area contributed by atoms with Crippen LogP contribution in [0.5, 0.6) is 0 Å². The lowest BCUT2D eigenvalue weighted by Crippen LogP contribution is -2.41. The molecule has 8 heteroatoms. The minimum Gasteiger partial charge on any atom is -0.347 e. The van der Waals surface area contributed by atoms with Crippen LogP contribution in [-0.2, 0) is 35.6 Å². The number of carbonyl (C=O) groups is 2. The summed E-state index contributed by atoms with van der Waals surface area (Å²) in [6.07, 6.45) is 1.80. The maximum Gasteiger partial charge on any atom is 0.242 e. The SMILES string of the molecule is Cc1ccc(CN2CCc3nnc(CNC(=O)C4CCC(=O)N4)n3CC2)cc1. The van der Waals surface area contributed by atoms with Crippen molar-refractivity contribution in [3.8, 4) is 0 Å². The summed E-state index contributed by atoms with van der Waals surface area (Å²) in [6.45, 7) is 6.01. The van der Waals surface area contributed by atoms with E-state index in [-0.39, 0.29) is 11.8 Å². The van der Waals surface area contributed by atoms with Crippen molar-refractivity contribution in [3.05, 3.63) is 47.0 Å². The van der Waals surface area contributed by atoms with E-state index in [4.69, 9.17) is 0 Å². The highest BCUT2D eigenvalue weighted by molar-refractivity contribution is 5.90. The quantitative estimate of drug-likeness (QED) is 0.788. The molecule has 0 bridgehead atoms. The number of amides is 2. The molecule has 0 spiro atoms. The Balaban J connectivity index is 1.33. The molecule has 1 unspecified atom stereocenters. The fourth-order valence-electron chi connectivity index (χ4n) is 3.77. The zero-order valence-corrected chi connectivity index (χ0v) is 16.1. The van der Waals surface area contributed by atoms with Gasteiger partial charge in [0.05, 0.1) is 6.54 Å². The molecule has 4 rings (SSSR count). The fourth-order valence-corrected chi connectivity index (χ4v) is 3.77. The van der Waals surface area contributed by atoms with E-state index in [1.54, 1.807) is 0 Å². The number of hydrogen-bond acceptors (Lipinski definition) is 5. The number of carbonyl (C=O) groups excluding carboxylic acids is 2. The summed E-state index contributed by atoms with van der Waals surface area (Å²) < 4.78 is 2.11. The van der Waals surface area contributed by atoms with Crippen LogP contribution in [0.1, 0.15) is 35.6 Å². The van der Waals surface area contributed by atoms with E-state index in [1.807, 2.05) is 0 Å². The van der Waals surface area contributed by atoms with Crippen LogP contribution >= 0.6 is 0 Å². The van der Waals surface area contributed by atoms with E-state index in [9.17, 15) is 9.59 Å². The predicted octanol–water partition coefficient (Wildman–Crippen LogP) is 0.540. The van der Waals surface area contributed by atoms with Gasteiger partial charge in [-0.25, -0.2) is 0 Å². The average Bonchev–Trinajstić information content (AvgIpc) is 3.24. The first-order valence-corrected chi connectivity index (χ1v) is 9.84. The van der Waals surface area contributed by atoms with Crippen molar-refractivity contribution in [2.45, 2.75) is 51.9 Å². The molecule has 1 aromatic carbocycles. The predicted molar refractivity (Wildman–Crippen MR) is 103 cm³/mol. The molecule has 0 saturated carbocycles. The number of aromatic nitrogens is 3. The van der Waals surface area contributed by atoms with Crippen molar-refractivity contribution >= 4 is 11.8 Å². The molecular weight excluding hydrogens is 356 g/mol. The molecule has 0 radical (unpaired) electrons. The Kier molecular flexibility index (Phi) is 5.38. The largest absolute Gasteiger partial charge is 0.347 e. The van der Waals surface area contributed by atoms with Gasteiger partial charge in [-0.3, -0.25) is 14.5 Å². The van der Waals surface area contributed by atoms with Crippen molar-refractivity contribution in [1.29, 1.82) is 0 Å². The van der Waals surface area contributed by atoms with Crippen molar-refractivity contribution in [2.24, 2.45) is 0 Å². The van der Waals surface area contributed by atoms with E-state index in [0.29, 0.717) is 19.4 Å². The first-order valence-electron chi connectivity index (χ1n) is 9.84. The molecule has 2 N–H and O–H groups in total. The van der Waals surface area contributed by atoms with Crippen molar-refractivity contribution in [1.82, 2.24) is 30.3 Å². The average molecular weight is 382 g/mol. The van der Waals surface area contributed by atoms with Gasteiger partial charge in [0.15, 0.2) is 5.82 Å².